The van der Waals surface area contributed by atoms with Crippen molar-refractivity contribution in [1.29, 1.82) is 0 Å². The fourth-order valence-corrected chi connectivity index (χ4v) is 1.83. The van der Waals surface area contributed by atoms with Crippen LogP contribution in [-0.4, -0.2) is 15.4 Å². The van der Waals surface area contributed by atoms with Crippen molar-refractivity contribution >= 4 is 16.6 Å². The van der Waals surface area contributed by atoms with Gasteiger partial charge in [0.1, 0.15) is 0 Å². The summed E-state index contributed by atoms with van der Waals surface area (Å²) >= 11 is 0. The molecule has 0 bridgehead atoms. The Labute approximate surface area is 104 Å². The van der Waals surface area contributed by atoms with Gasteiger partial charge in [-0.3, -0.25) is 0 Å². The lowest BCUT2D eigenvalue weighted by molar-refractivity contribution is 0.384. The molecule has 0 amide bonds. The molecule has 0 saturated carbocycles. The van der Waals surface area contributed by atoms with Crippen LogP contribution in [-0.2, 0) is 6.54 Å². The summed E-state index contributed by atoms with van der Waals surface area (Å²) < 4.78 is 5.14. The molecule has 1 N–H and O–H groups in total. The molecule has 5 heteroatoms. The lowest BCUT2D eigenvalue weighted by Crippen LogP contribution is -2.02. The van der Waals surface area contributed by atoms with Gasteiger partial charge in [-0.2, -0.15) is 5.10 Å². The van der Waals surface area contributed by atoms with Gasteiger partial charge < -0.3 is 9.84 Å². The largest absolute Gasteiger partial charge is 0.361 e. The molecule has 5 nitrogen and oxygen atoms in total. The number of benzene rings is 1. The monoisotopic (exact) mass is 240 g/mol. The van der Waals surface area contributed by atoms with Crippen molar-refractivity contribution in [2.75, 3.05) is 5.32 Å². The average molecular weight is 240 g/mol. The number of hydrogen-bond acceptors (Lipinski definition) is 5. The molecule has 90 valence electrons. The lowest BCUT2D eigenvalue weighted by atomic mass is 10.2. The Balaban J connectivity index is 1.86. The van der Waals surface area contributed by atoms with Crippen LogP contribution in [0, 0.1) is 6.92 Å². The third-order valence-electron chi connectivity index (χ3n) is 2.68. The minimum absolute atomic E-state index is 0.545. The van der Waals surface area contributed by atoms with E-state index >= 15 is 0 Å². The summed E-state index contributed by atoms with van der Waals surface area (Å²) in [5.41, 5.74) is 0.871. The summed E-state index contributed by atoms with van der Waals surface area (Å²) in [4.78, 5) is 0. The van der Waals surface area contributed by atoms with Gasteiger partial charge in [0.05, 0.1) is 18.4 Å². The lowest BCUT2D eigenvalue weighted by Gasteiger charge is -2.05. The van der Waals surface area contributed by atoms with E-state index in [2.05, 4.69) is 20.7 Å². The minimum Gasteiger partial charge on any atom is -0.361 e. The zero-order valence-corrected chi connectivity index (χ0v) is 9.92. The summed E-state index contributed by atoms with van der Waals surface area (Å²) in [6.45, 7) is 2.44. The van der Waals surface area contributed by atoms with Gasteiger partial charge in [0, 0.05) is 16.8 Å². The predicted molar refractivity (Wildman–Crippen MR) is 68.1 cm³/mol. The summed E-state index contributed by atoms with van der Waals surface area (Å²) in [5.74, 6) is 1.53. The van der Waals surface area contributed by atoms with Gasteiger partial charge in [0.25, 0.3) is 0 Å². The molecule has 0 aliphatic rings. The van der Waals surface area contributed by atoms with E-state index in [0.717, 1.165) is 28.0 Å². The first-order valence-electron chi connectivity index (χ1n) is 5.69. The van der Waals surface area contributed by atoms with Crippen molar-refractivity contribution in [3.63, 3.8) is 0 Å². The number of rotatable bonds is 3. The first-order chi connectivity index (χ1) is 8.83. The molecule has 2 heterocycles. The van der Waals surface area contributed by atoms with Crippen molar-refractivity contribution in [3.8, 4) is 0 Å². The Bertz CT molecular complexity index is 672. The Kier molecular flexibility index (Phi) is 2.64. The summed E-state index contributed by atoms with van der Waals surface area (Å²) in [7, 11) is 0. The van der Waals surface area contributed by atoms with Crippen LogP contribution in [0.5, 0.6) is 0 Å². The third kappa shape index (κ3) is 2.02. The number of aryl methyl sites for hydroxylation is 1. The topological polar surface area (TPSA) is 63.8 Å². The number of aromatic nitrogens is 3. The van der Waals surface area contributed by atoms with Crippen LogP contribution in [0.2, 0.25) is 0 Å². The van der Waals surface area contributed by atoms with E-state index in [9.17, 15) is 0 Å². The summed E-state index contributed by atoms with van der Waals surface area (Å²) in [5, 5.41) is 17.2. The fourth-order valence-electron chi connectivity index (χ4n) is 1.83. The molecule has 0 atom stereocenters. The zero-order valence-electron chi connectivity index (χ0n) is 9.92. The van der Waals surface area contributed by atoms with E-state index in [4.69, 9.17) is 4.52 Å². The molecule has 3 rings (SSSR count). The molecule has 0 fully saturated rings. The van der Waals surface area contributed by atoms with E-state index < -0.39 is 0 Å². The van der Waals surface area contributed by atoms with Crippen LogP contribution in [0.25, 0.3) is 10.8 Å². The normalized spacial score (nSPS) is 10.7. The minimum atomic E-state index is 0.545. The molecule has 0 unspecified atom stereocenters. The molecule has 2 aromatic heterocycles. The molecular weight excluding hydrogens is 228 g/mol. The highest BCUT2D eigenvalue weighted by Crippen LogP contribution is 2.19. The molecule has 1 aromatic carbocycles. The van der Waals surface area contributed by atoms with E-state index in [-0.39, 0.29) is 0 Å². The van der Waals surface area contributed by atoms with Crippen LogP contribution in [0.15, 0.2) is 41.1 Å². The maximum absolute atomic E-state index is 5.14. The number of hydrogen-bond donors (Lipinski definition) is 1. The van der Waals surface area contributed by atoms with Gasteiger partial charge in [-0.25, -0.2) is 0 Å². The Morgan fingerprint density at radius 1 is 1.28 bits per heavy atom. The highest BCUT2D eigenvalue weighted by atomic mass is 16.5. The van der Waals surface area contributed by atoms with E-state index in [1.54, 1.807) is 6.20 Å². The van der Waals surface area contributed by atoms with Crippen molar-refractivity contribution in [1.82, 2.24) is 15.4 Å². The van der Waals surface area contributed by atoms with Gasteiger partial charge in [0.2, 0.25) is 0 Å². The third-order valence-corrected chi connectivity index (χ3v) is 2.68. The van der Waals surface area contributed by atoms with Gasteiger partial charge in [-0.05, 0) is 6.92 Å². The van der Waals surface area contributed by atoms with E-state index in [1.165, 1.54) is 0 Å². The van der Waals surface area contributed by atoms with E-state index in [1.807, 2.05) is 37.3 Å². The smallest absolute Gasteiger partial charge is 0.156 e. The maximum atomic E-state index is 5.14. The van der Waals surface area contributed by atoms with Crippen molar-refractivity contribution in [2.24, 2.45) is 0 Å². The van der Waals surface area contributed by atoms with Gasteiger partial charge in [-0.15, -0.1) is 5.10 Å². The highest BCUT2D eigenvalue weighted by molar-refractivity contribution is 5.90. The molecular formula is C13H12N4O. The van der Waals surface area contributed by atoms with Crippen molar-refractivity contribution < 1.29 is 4.52 Å². The second-order valence-electron chi connectivity index (χ2n) is 4.07. The number of anilines is 1. The molecule has 3 aromatic rings. The molecule has 0 spiro atoms. The number of nitrogens with one attached hydrogen (secondary N) is 1. The van der Waals surface area contributed by atoms with Crippen LogP contribution < -0.4 is 5.32 Å². The maximum Gasteiger partial charge on any atom is 0.156 e. The summed E-state index contributed by atoms with van der Waals surface area (Å²) in [6, 6.07) is 9.87. The van der Waals surface area contributed by atoms with Gasteiger partial charge in [-0.1, -0.05) is 29.4 Å². The molecule has 0 aliphatic carbocycles. The Hall–Kier alpha value is -2.43. The van der Waals surface area contributed by atoms with Crippen LogP contribution >= 0.6 is 0 Å². The van der Waals surface area contributed by atoms with Crippen molar-refractivity contribution in [3.05, 3.63) is 48.0 Å². The standard InChI is InChI=1S/C13H12N4O/c1-9-6-11(18-17-9)8-14-13-12-5-3-2-4-10(12)7-15-16-13/h2-7H,8H2,1H3,(H,14,16). The SMILES string of the molecule is Cc1cc(CNc2nncc3ccccc23)on1. The Morgan fingerprint density at radius 3 is 3.00 bits per heavy atom. The number of nitrogens with zero attached hydrogens (tertiary/aromatic N) is 3. The quantitative estimate of drug-likeness (QED) is 0.762. The summed E-state index contributed by atoms with van der Waals surface area (Å²) in [6.07, 6.45) is 1.75. The predicted octanol–water partition coefficient (Wildman–Crippen LogP) is 2.54. The Morgan fingerprint density at radius 2 is 2.17 bits per heavy atom. The molecule has 0 radical (unpaired) electrons. The number of fused-ring (bicyclic) bond motifs is 1. The van der Waals surface area contributed by atoms with Gasteiger partial charge >= 0.3 is 0 Å². The molecule has 18 heavy (non-hydrogen) atoms. The second-order valence-corrected chi connectivity index (χ2v) is 4.07. The average Bonchev–Trinajstić information content (AvgIpc) is 2.82. The van der Waals surface area contributed by atoms with Crippen LogP contribution in [0.4, 0.5) is 5.82 Å². The van der Waals surface area contributed by atoms with Crippen LogP contribution in [0.3, 0.4) is 0 Å². The molecule has 0 aliphatic heterocycles. The molecule has 0 saturated heterocycles. The van der Waals surface area contributed by atoms with E-state index in [0.29, 0.717) is 6.54 Å². The van der Waals surface area contributed by atoms with Crippen molar-refractivity contribution in [2.45, 2.75) is 13.5 Å². The first-order valence-corrected chi connectivity index (χ1v) is 5.69. The van der Waals surface area contributed by atoms with Crippen LogP contribution in [0.1, 0.15) is 11.5 Å². The second kappa shape index (κ2) is 4.44. The zero-order chi connectivity index (χ0) is 12.4. The van der Waals surface area contributed by atoms with Gasteiger partial charge in [0.15, 0.2) is 11.6 Å². The fraction of sp³-hybridized carbons (Fsp3) is 0.154. The highest BCUT2D eigenvalue weighted by Gasteiger charge is 2.04. The first kappa shape index (κ1) is 10.7.